The number of nitrogens with zero attached hydrogens (tertiary/aromatic N) is 3. The summed E-state index contributed by atoms with van der Waals surface area (Å²) in [6.07, 6.45) is 3.34. The van der Waals surface area contributed by atoms with Gasteiger partial charge in [-0.3, -0.25) is 4.79 Å². The number of benzene rings is 1. The van der Waals surface area contributed by atoms with E-state index < -0.39 is 0 Å². The van der Waals surface area contributed by atoms with Crippen molar-refractivity contribution in [1.82, 2.24) is 20.0 Å². The lowest BCUT2D eigenvalue weighted by atomic mass is 10.2. The van der Waals surface area contributed by atoms with Crippen LogP contribution < -0.4 is 11.1 Å². The van der Waals surface area contributed by atoms with E-state index in [2.05, 4.69) is 20.6 Å². The van der Waals surface area contributed by atoms with Gasteiger partial charge in [-0.15, -0.1) is 5.10 Å². The van der Waals surface area contributed by atoms with E-state index in [-0.39, 0.29) is 12.5 Å². The van der Waals surface area contributed by atoms with E-state index in [1.54, 1.807) is 0 Å². The van der Waals surface area contributed by atoms with Gasteiger partial charge in [-0.25, -0.2) is 4.68 Å². The van der Waals surface area contributed by atoms with Gasteiger partial charge in [0.1, 0.15) is 6.54 Å². The van der Waals surface area contributed by atoms with Crippen molar-refractivity contribution >= 4 is 28.3 Å². The monoisotopic (exact) mass is 256 g/mol. The second-order valence-electron chi connectivity index (χ2n) is 4.13. The smallest absolute Gasteiger partial charge is 0.246 e. The number of anilines is 2. The Labute approximate surface area is 108 Å². The molecule has 1 amide bonds. The maximum Gasteiger partial charge on any atom is 0.246 e. The number of fused-ring (bicyclic) bond motifs is 1. The maximum absolute atomic E-state index is 11.9. The van der Waals surface area contributed by atoms with Gasteiger partial charge in [0.2, 0.25) is 5.91 Å². The number of rotatable bonds is 3. The first kappa shape index (κ1) is 11.3. The number of carbonyl (C=O) groups excluding carboxylic acids is 1. The number of carbonyl (C=O) groups is 1. The third-order valence-electron chi connectivity index (χ3n) is 2.73. The van der Waals surface area contributed by atoms with Gasteiger partial charge in [0, 0.05) is 17.1 Å². The van der Waals surface area contributed by atoms with Crippen LogP contribution >= 0.6 is 0 Å². The Morgan fingerprint density at radius 3 is 3.11 bits per heavy atom. The van der Waals surface area contributed by atoms with E-state index >= 15 is 0 Å². The van der Waals surface area contributed by atoms with Crippen molar-refractivity contribution in [1.29, 1.82) is 0 Å². The van der Waals surface area contributed by atoms with E-state index in [0.29, 0.717) is 5.82 Å². The molecule has 3 aromatic rings. The van der Waals surface area contributed by atoms with Crippen LogP contribution in [0.4, 0.5) is 11.5 Å². The Morgan fingerprint density at radius 1 is 1.42 bits per heavy atom. The molecule has 96 valence electrons. The summed E-state index contributed by atoms with van der Waals surface area (Å²) in [4.78, 5) is 15.0. The minimum Gasteiger partial charge on any atom is -0.381 e. The summed E-state index contributed by atoms with van der Waals surface area (Å²) in [6.45, 7) is 0.0744. The topological polar surface area (TPSA) is 102 Å². The van der Waals surface area contributed by atoms with Crippen LogP contribution in [0.25, 0.3) is 10.9 Å². The maximum atomic E-state index is 11.9. The Kier molecular flexibility index (Phi) is 2.64. The predicted octanol–water partition coefficient (Wildman–Crippen LogP) is 0.980. The van der Waals surface area contributed by atoms with Crippen LogP contribution in [0.15, 0.2) is 36.7 Å². The average Bonchev–Trinajstić information content (AvgIpc) is 2.98. The van der Waals surface area contributed by atoms with Gasteiger partial charge in [-0.1, -0.05) is 11.3 Å². The molecule has 0 aliphatic carbocycles. The number of aromatic amines is 1. The molecule has 0 aliphatic heterocycles. The molecular weight excluding hydrogens is 244 g/mol. The molecule has 7 heteroatoms. The lowest BCUT2D eigenvalue weighted by Crippen LogP contribution is -2.19. The quantitative estimate of drug-likeness (QED) is 0.650. The number of amides is 1. The van der Waals surface area contributed by atoms with Crippen molar-refractivity contribution in [3.05, 3.63) is 36.7 Å². The summed E-state index contributed by atoms with van der Waals surface area (Å²) >= 11 is 0. The fraction of sp³-hybridized carbons (Fsp3) is 0.0833. The average molecular weight is 256 g/mol. The molecule has 0 fully saturated rings. The summed E-state index contributed by atoms with van der Waals surface area (Å²) in [5.41, 5.74) is 7.17. The van der Waals surface area contributed by atoms with Gasteiger partial charge >= 0.3 is 0 Å². The number of hydrogen-bond donors (Lipinski definition) is 3. The van der Waals surface area contributed by atoms with Gasteiger partial charge in [-0.05, 0) is 18.2 Å². The summed E-state index contributed by atoms with van der Waals surface area (Å²) < 4.78 is 1.39. The third-order valence-corrected chi connectivity index (χ3v) is 2.73. The van der Waals surface area contributed by atoms with Gasteiger partial charge in [0.05, 0.1) is 11.9 Å². The van der Waals surface area contributed by atoms with E-state index in [0.717, 1.165) is 16.6 Å². The van der Waals surface area contributed by atoms with Gasteiger partial charge < -0.3 is 16.0 Å². The fourth-order valence-corrected chi connectivity index (χ4v) is 1.92. The van der Waals surface area contributed by atoms with E-state index in [4.69, 9.17) is 5.73 Å². The van der Waals surface area contributed by atoms with Crippen molar-refractivity contribution < 1.29 is 4.79 Å². The molecule has 4 N–H and O–H groups in total. The van der Waals surface area contributed by atoms with Gasteiger partial charge in [0.15, 0.2) is 5.82 Å². The van der Waals surface area contributed by atoms with Crippen molar-refractivity contribution in [2.45, 2.75) is 6.54 Å². The Hall–Kier alpha value is -2.83. The van der Waals surface area contributed by atoms with Gasteiger partial charge in [-0.2, -0.15) is 0 Å². The summed E-state index contributed by atoms with van der Waals surface area (Å²) in [5.74, 6) is 0.110. The zero-order valence-electron chi connectivity index (χ0n) is 10.00. The highest BCUT2D eigenvalue weighted by Crippen LogP contribution is 2.21. The molecule has 0 saturated carbocycles. The number of nitrogens with one attached hydrogen (secondary N) is 2. The first-order valence-electron chi connectivity index (χ1n) is 5.74. The minimum atomic E-state index is -0.182. The highest BCUT2D eigenvalue weighted by Gasteiger charge is 2.08. The van der Waals surface area contributed by atoms with Crippen LogP contribution in [0.2, 0.25) is 0 Å². The van der Waals surface area contributed by atoms with E-state index in [9.17, 15) is 4.79 Å². The Balaban J connectivity index is 1.77. The van der Waals surface area contributed by atoms with Crippen LogP contribution in [0.5, 0.6) is 0 Å². The highest BCUT2D eigenvalue weighted by atomic mass is 16.2. The summed E-state index contributed by atoms with van der Waals surface area (Å²) in [6, 6.07) is 7.59. The standard InChI is InChI=1S/C12H12N6O/c13-11-6-18(17-16-11)7-12(19)15-10-3-1-2-9-8(10)4-5-14-9/h1-6,14H,7,13H2,(H,15,19). The van der Waals surface area contributed by atoms with Crippen LogP contribution in [-0.2, 0) is 11.3 Å². The third kappa shape index (κ3) is 2.25. The molecule has 0 saturated heterocycles. The molecule has 7 nitrogen and oxygen atoms in total. The van der Waals surface area contributed by atoms with Crippen LogP contribution in [0.1, 0.15) is 0 Å². The molecule has 3 rings (SSSR count). The van der Waals surface area contributed by atoms with Crippen LogP contribution in [0.3, 0.4) is 0 Å². The SMILES string of the molecule is Nc1cn(CC(=O)Nc2cccc3[nH]ccc23)nn1. The van der Waals surface area contributed by atoms with Crippen molar-refractivity contribution in [2.75, 3.05) is 11.1 Å². The zero-order chi connectivity index (χ0) is 13.2. The van der Waals surface area contributed by atoms with Crippen LogP contribution in [-0.4, -0.2) is 25.9 Å². The molecule has 0 aliphatic rings. The number of nitrogen functional groups attached to an aromatic ring is 1. The first-order valence-corrected chi connectivity index (χ1v) is 5.74. The molecule has 2 aromatic heterocycles. The molecule has 0 unspecified atom stereocenters. The van der Waals surface area contributed by atoms with Crippen molar-refractivity contribution in [2.24, 2.45) is 0 Å². The Bertz CT molecular complexity index is 728. The largest absolute Gasteiger partial charge is 0.381 e. The summed E-state index contributed by atoms with van der Waals surface area (Å²) in [7, 11) is 0. The second-order valence-corrected chi connectivity index (χ2v) is 4.13. The van der Waals surface area contributed by atoms with Crippen molar-refractivity contribution in [3.63, 3.8) is 0 Å². The minimum absolute atomic E-state index is 0.0744. The number of aromatic nitrogens is 4. The molecular formula is C12H12N6O. The van der Waals surface area contributed by atoms with Crippen LogP contribution in [0, 0.1) is 0 Å². The molecule has 0 bridgehead atoms. The number of nitrogens with two attached hydrogens (primary N) is 1. The fourth-order valence-electron chi connectivity index (χ4n) is 1.92. The Morgan fingerprint density at radius 2 is 2.32 bits per heavy atom. The molecule has 2 heterocycles. The lowest BCUT2D eigenvalue weighted by molar-refractivity contribution is -0.116. The second kappa shape index (κ2) is 4.45. The molecule has 0 radical (unpaired) electrons. The molecule has 0 atom stereocenters. The first-order chi connectivity index (χ1) is 9.22. The molecule has 0 spiro atoms. The summed E-state index contributed by atoms with van der Waals surface area (Å²) in [5, 5.41) is 11.2. The van der Waals surface area contributed by atoms with Gasteiger partial charge in [0.25, 0.3) is 0 Å². The normalized spacial score (nSPS) is 10.7. The van der Waals surface area contributed by atoms with E-state index in [1.165, 1.54) is 10.9 Å². The molecule has 1 aromatic carbocycles. The highest BCUT2D eigenvalue weighted by molar-refractivity contribution is 6.01. The predicted molar refractivity (Wildman–Crippen MR) is 71.4 cm³/mol. The van der Waals surface area contributed by atoms with Crippen molar-refractivity contribution in [3.8, 4) is 0 Å². The lowest BCUT2D eigenvalue weighted by Gasteiger charge is -2.06. The number of hydrogen-bond acceptors (Lipinski definition) is 4. The van der Waals surface area contributed by atoms with E-state index in [1.807, 2.05) is 30.5 Å². The zero-order valence-corrected chi connectivity index (χ0v) is 10.00. The number of H-pyrrole nitrogens is 1. The molecule has 19 heavy (non-hydrogen) atoms.